The first-order valence-electron chi connectivity index (χ1n) is 13.9. The summed E-state index contributed by atoms with van der Waals surface area (Å²) in [5.41, 5.74) is -1.34. The zero-order valence-corrected chi connectivity index (χ0v) is 24.9. The summed E-state index contributed by atoms with van der Waals surface area (Å²) >= 11 is 14.1. The van der Waals surface area contributed by atoms with Crippen LogP contribution in [0.2, 0.25) is 0 Å². The standard InChI is InChI=1S/C31H23Cl2F5N2O5/c1-3-6-12-7-5-8-15(25(12)41)18-13-9-10-14-17(27(43)39(4-2)26(14)42)16(13)11-30(32)28(44)40(29(45)31(18,30)33)24-22(37)20(35)19(34)21(36)23(24)38/h3,5,7-9,14,16-18,41H,1,4,6,10-11H2,2H3/t14-,16+,17-,18+,30+,31-/m0/s1. The summed E-state index contributed by atoms with van der Waals surface area (Å²) in [6.07, 6.45) is 2.60. The molecule has 2 aliphatic carbocycles. The monoisotopic (exact) mass is 668 g/mol. The SMILES string of the molecule is C=CCc1cccc([C@H]2C3=CC[C@@H]4C(=O)N(CC)C(=O)[C@@H]4[C@@H]3C[C@@]3(Cl)C(=O)N(c4c(F)c(F)c(F)c(F)c4F)C(=O)[C@@]23Cl)c1O. The van der Waals surface area contributed by atoms with E-state index in [1.807, 2.05) is 0 Å². The Bertz CT molecular complexity index is 1760. The maximum Gasteiger partial charge on any atom is 0.258 e. The number of rotatable bonds is 5. The molecule has 7 nitrogen and oxygen atoms in total. The predicted octanol–water partition coefficient (Wildman–Crippen LogP) is 5.40. The van der Waals surface area contributed by atoms with Crippen molar-refractivity contribution in [2.45, 2.75) is 41.9 Å². The molecule has 6 atom stereocenters. The first-order valence-corrected chi connectivity index (χ1v) is 14.7. The number of aromatic hydroxyl groups is 1. The highest BCUT2D eigenvalue weighted by Crippen LogP contribution is 2.66. The molecule has 1 saturated carbocycles. The topological polar surface area (TPSA) is 95.0 Å². The molecule has 236 valence electrons. The Morgan fingerprint density at radius 2 is 1.58 bits per heavy atom. The van der Waals surface area contributed by atoms with Gasteiger partial charge >= 0.3 is 0 Å². The number of nitrogens with zero attached hydrogens (tertiary/aromatic N) is 2. The van der Waals surface area contributed by atoms with Crippen LogP contribution in [-0.2, 0) is 25.6 Å². The zero-order valence-electron chi connectivity index (χ0n) is 23.4. The van der Waals surface area contributed by atoms with Crippen molar-refractivity contribution in [2.24, 2.45) is 17.8 Å². The second-order valence-corrected chi connectivity index (χ2v) is 12.7. The van der Waals surface area contributed by atoms with Gasteiger partial charge in [-0.2, -0.15) is 0 Å². The number of hydrogen-bond acceptors (Lipinski definition) is 5. The molecule has 3 fully saturated rings. The Morgan fingerprint density at radius 1 is 0.956 bits per heavy atom. The minimum Gasteiger partial charge on any atom is -0.507 e. The number of benzene rings is 2. The Hall–Kier alpha value is -3.77. The fourth-order valence-electron chi connectivity index (χ4n) is 7.45. The van der Waals surface area contributed by atoms with Crippen LogP contribution in [0.5, 0.6) is 5.75 Å². The van der Waals surface area contributed by atoms with E-state index in [-0.39, 0.29) is 41.2 Å². The van der Waals surface area contributed by atoms with Gasteiger partial charge < -0.3 is 5.11 Å². The van der Waals surface area contributed by atoms with Crippen molar-refractivity contribution in [1.82, 2.24) is 4.90 Å². The highest BCUT2D eigenvalue weighted by Gasteiger charge is 2.77. The van der Waals surface area contributed by atoms with Crippen molar-refractivity contribution in [3.05, 3.63) is 82.7 Å². The molecule has 2 heterocycles. The Morgan fingerprint density at radius 3 is 2.18 bits per heavy atom. The van der Waals surface area contributed by atoms with Crippen LogP contribution in [-0.4, -0.2) is 49.9 Å². The van der Waals surface area contributed by atoms with Gasteiger partial charge in [-0.15, -0.1) is 29.8 Å². The van der Waals surface area contributed by atoms with Crippen LogP contribution in [0.1, 0.15) is 36.8 Å². The van der Waals surface area contributed by atoms with Crippen LogP contribution in [0.15, 0.2) is 42.5 Å². The lowest BCUT2D eigenvalue weighted by Crippen LogP contribution is -2.60. The van der Waals surface area contributed by atoms with Crippen LogP contribution in [0.25, 0.3) is 0 Å². The molecular weight excluding hydrogens is 646 g/mol. The molecule has 0 bridgehead atoms. The molecule has 14 heteroatoms. The van der Waals surface area contributed by atoms with Crippen molar-refractivity contribution in [2.75, 3.05) is 11.4 Å². The number of alkyl halides is 2. The lowest BCUT2D eigenvalue weighted by molar-refractivity contribution is -0.140. The third kappa shape index (κ3) is 3.81. The number of hydrogen-bond donors (Lipinski definition) is 1. The normalized spacial score (nSPS) is 30.8. The fourth-order valence-corrected chi connectivity index (χ4v) is 8.38. The number of para-hydroxylation sites is 1. The van der Waals surface area contributed by atoms with Crippen molar-refractivity contribution in [1.29, 1.82) is 0 Å². The van der Waals surface area contributed by atoms with Crippen LogP contribution in [0.4, 0.5) is 27.6 Å². The minimum atomic E-state index is -2.71. The van der Waals surface area contributed by atoms with Gasteiger partial charge in [0.05, 0.1) is 11.8 Å². The predicted molar refractivity (Wildman–Crippen MR) is 151 cm³/mol. The molecule has 45 heavy (non-hydrogen) atoms. The van der Waals surface area contributed by atoms with Crippen molar-refractivity contribution >= 4 is 52.5 Å². The van der Waals surface area contributed by atoms with Gasteiger partial charge in [-0.25, -0.2) is 26.9 Å². The summed E-state index contributed by atoms with van der Waals surface area (Å²) in [4.78, 5) is 50.5. The van der Waals surface area contributed by atoms with E-state index in [2.05, 4.69) is 6.58 Å². The molecule has 0 unspecified atom stereocenters. The van der Waals surface area contributed by atoms with Crippen molar-refractivity contribution in [3.8, 4) is 5.75 Å². The van der Waals surface area contributed by atoms with Crippen molar-refractivity contribution < 1.29 is 46.2 Å². The average Bonchev–Trinajstić information content (AvgIpc) is 3.34. The number of phenolic OH excluding ortho intramolecular Hbond substituents is 1. The summed E-state index contributed by atoms with van der Waals surface area (Å²) in [7, 11) is 0. The third-order valence-corrected chi connectivity index (χ3v) is 10.9. The van der Waals surface area contributed by atoms with Gasteiger partial charge in [-0.05, 0) is 37.7 Å². The summed E-state index contributed by atoms with van der Waals surface area (Å²) in [6.45, 7) is 5.30. The van der Waals surface area contributed by atoms with Crippen molar-refractivity contribution in [3.63, 3.8) is 0 Å². The quantitative estimate of drug-likeness (QED) is 0.115. The van der Waals surface area contributed by atoms with Gasteiger partial charge in [-0.1, -0.05) is 35.9 Å². The first kappa shape index (κ1) is 31.2. The number of fused-ring (bicyclic) bond motifs is 4. The smallest absolute Gasteiger partial charge is 0.258 e. The number of anilines is 1. The first-order chi connectivity index (χ1) is 21.2. The van der Waals surface area contributed by atoms with E-state index in [1.165, 1.54) is 18.2 Å². The van der Waals surface area contributed by atoms with E-state index in [1.54, 1.807) is 19.1 Å². The highest BCUT2D eigenvalue weighted by molar-refractivity contribution is 6.58. The summed E-state index contributed by atoms with van der Waals surface area (Å²) in [5.74, 6) is -21.4. The average molecular weight is 669 g/mol. The lowest BCUT2D eigenvalue weighted by atomic mass is 9.56. The largest absolute Gasteiger partial charge is 0.507 e. The van der Waals surface area contributed by atoms with E-state index >= 15 is 8.78 Å². The van der Waals surface area contributed by atoms with Crippen LogP contribution in [0, 0.1) is 46.8 Å². The maximum atomic E-state index is 15.1. The molecule has 4 amide bonds. The van der Waals surface area contributed by atoms with E-state index in [0.29, 0.717) is 5.56 Å². The number of phenols is 1. The molecule has 2 aromatic carbocycles. The number of allylic oxidation sites excluding steroid dienone is 3. The van der Waals surface area contributed by atoms with Gasteiger partial charge in [0, 0.05) is 18.0 Å². The molecular formula is C31H23Cl2F5N2O5. The van der Waals surface area contributed by atoms with E-state index in [9.17, 15) is 37.5 Å². The molecule has 0 radical (unpaired) electrons. The number of imide groups is 2. The molecule has 6 rings (SSSR count). The number of amides is 4. The lowest BCUT2D eigenvalue weighted by Gasteiger charge is -2.50. The number of likely N-dealkylation sites (tertiary alicyclic amines) is 1. The van der Waals surface area contributed by atoms with Gasteiger partial charge in [0.2, 0.25) is 17.6 Å². The molecule has 2 aromatic rings. The third-order valence-electron chi connectivity index (χ3n) is 9.45. The molecule has 0 aromatic heterocycles. The number of carbonyl (C=O) groups is 4. The fraction of sp³-hybridized carbons (Fsp3) is 0.355. The van der Waals surface area contributed by atoms with E-state index in [0.717, 1.165) is 4.90 Å². The van der Waals surface area contributed by atoms with E-state index in [4.69, 9.17) is 23.2 Å². The number of carbonyl (C=O) groups excluding carboxylic acids is 4. The zero-order chi connectivity index (χ0) is 32.9. The van der Waals surface area contributed by atoms with E-state index < -0.39 is 98.2 Å². The second-order valence-electron chi connectivity index (χ2n) is 11.5. The molecule has 1 N–H and O–H groups in total. The maximum absolute atomic E-state index is 15.1. The number of halogens is 7. The highest BCUT2D eigenvalue weighted by atomic mass is 35.5. The van der Waals surface area contributed by atoms with Crippen LogP contribution in [0.3, 0.4) is 0 Å². The molecule has 2 aliphatic heterocycles. The summed E-state index contributed by atoms with van der Waals surface area (Å²) < 4.78 is 72.8. The Balaban J connectivity index is 1.63. The van der Waals surface area contributed by atoms with Crippen LogP contribution >= 0.6 is 23.2 Å². The van der Waals surface area contributed by atoms with Gasteiger partial charge in [0.15, 0.2) is 33.0 Å². The molecule has 0 spiro atoms. The Kier molecular flexibility index (Phi) is 7.20. The Labute approximate surface area is 262 Å². The summed E-state index contributed by atoms with van der Waals surface area (Å²) in [6, 6.07) is 4.43. The van der Waals surface area contributed by atoms with Gasteiger partial charge in [-0.3, -0.25) is 24.1 Å². The second kappa shape index (κ2) is 10.4. The van der Waals surface area contributed by atoms with Crippen LogP contribution < -0.4 is 4.90 Å². The van der Waals surface area contributed by atoms with Gasteiger partial charge in [0.1, 0.15) is 11.4 Å². The van der Waals surface area contributed by atoms with Gasteiger partial charge in [0.25, 0.3) is 11.8 Å². The molecule has 4 aliphatic rings. The molecule has 2 saturated heterocycles. The minimum absolute atomic E-state index is 0.0208. The summed E-state index contributed by atoms with van der Waals surface area (Å²) in [5, 5.41) is 11.4.